The third-order valence-electron chi connectivity index (χ3n) is 6.02. The second-order valence-corrected chi connectivity index (χ2v) is 9.39. The minimum atomic E-state index is -0.417. The fraction of sp³-hybridized carbons (Fsp3) is 0.222. The van der Waals surface area contributed by atoms with Crippen LogP contribution in [-0.4, -0.2) is 46.5 Å². The summed E-state index contributed by atoms with van der Waals surface area (Å²) in [4.78, 5) is 40.5. The van der Waals surface area contributed by atoms with Crippen LogP contribution < -0.4 is 4.74 Å². The van der Waals surface area contributed by atoms with Gasteiger partial charge in [-0.25, -0.2) is 0 Å². The van der Waals surface area contributed by atoms with Gasteiger partial charge >= 0.3 is 0 Å². The molecule has 3 amide bonds. The number of rotatable bonds is 6. The van der Waals surface area contributed by atoms with E-state index in [1.165, 1.54) is 10.8 Å². The Balaban J connectivity index is 1.20. The number of ether oxygens (including phenoxy) is 1. The predicted octanol–water partition coefficient (Wildman–Crippen LogP) is 5.08. The minimum absolute atomic E-state index is 0.172. The predicted molar refractivity (Wildman–Crippen MR) is 133 cm³/mol. The Bertz CT molecular complexity index is 1280. The van der Waals surface area contributed by atoms with Gasteiger partial charge in [-0.3, -0.25) is 19.3 Å². The maximum atomic E-state index is 12.7. The smallest absolute Gasteiger partial charge is 0.294 e. The summed E-state index contributed by atoms with van der Waals surface area (Å²) in [5.74, 6) is 0.128. The average molecular weight is 473 g/mol. The standard InChI is InChI=1S/C27H24N2O4S/c30-25(28-13-3-4-14-28)17-29-26(31)24(34-27(29)32)16-19-8-11-23(12-9-19)33-18-20-7-10-21-5-1-2-6-22(21)15-20/h1-2,5-12,15-16H,3-4,13-14,17-18H2/b24-16-. The van der Waals surface area contributed by atoms with Gasteiger partial charge < -0.3 is 9.64 Å². The maximum Gasteiger partial charge on any atom is 0.294 e. The zero-order chi connectivity index (χ0) is 23.5. The van der Waals surface area contributed by atoms with Gasteiger partial charge in [0.15, 0.2) is 0 Å². The summed E-state index contributed by atoms with van der Waals surface area (Å²) < 4.78 is 5.92. The summed E-state index contributed by atoms with van der Waals surface area (Å²) in [6.07, 6.45) is 3.61. The van der Waals surface area contributed by atoms with E-state index in [1.54, 1.807) is 11.0 Å². The van der Waals surface area contributed by atoms with Crippen molar-refractivity contribution in [3.05, 3.63) is 82.8 Å². The van der Waals surface area contributed by atoms with Gasteiger partial charge in [0.2, 0.25) is 5.91 Å². The summed E-state index contributed by atoms with van der Waals surface area (Å²) in [6, 6.07) is 21.8. The fourth-order valence-corrected chi connectivity index (χ4v) is 4.98. The molecule has 7 heteroatoms. The van der Waals surface area contributed by atoms with Crippen LogP contribution >= 0.6 is 11.8 Å². The van der Waals surface area contributed by atoms with Crippen molar-refractivity contribution >= 4 is 45.7 Å². The Morgan fingerprint density at radius 2 is 1.68 bits per heavy atom. The first kappa shape index (κ1) is 22.2. The van der Waals surface area contributed by atoms with Crippen LogP contribution in [0.25, 0.3) is 16.8 Å². The number of carbonyl (C=O) groups is 3. The SMILES string of the molecule is O=C(CN1C(=O)S/C(=C\c2ccc(OCc3ccc4ccccc4c3)cc2)C1=O)N1CCCC1. The molecule has 0 saturated carbocycles. The summed E-state index contributed by atoms with van der Waals surface area (Å²) in [5.41, 5.74) is 1.87. The zero-order valence-corrected chi connectivity index (χ0v) is 19.4. The molecule has 2 saturated heterocycles. The maximum absolute atomic E-state index is 12.7. The molecule has 2 aliphatic rings. The monoisotopic (exact) mass is 472 g/mol. The number of amides is 3. The zero-order valence-electron chi connectivity index (χ0n) is 18.6. The second-order valence-electron chi connectivity index (χ2n) is 8.39. The molecule has 0 unspecified atom stereocenters. The first-order valence-corrected chi connectivity index (χ1v) is 12.1. The topological polar surface area (TPSA) is 66.9 Å². The largest absolute Gasteiger partial charge is 0.489 e. The number of benzene rings is 3. The van der Waals surface area contributed by atoms with Gasteiger partial charge in [0.05, 0.1) is 4.91 Å². The molecular weight excluding hydrogens is 448 g/mol. The molecule has 172 valence electrons. The van der Waals surface area contributed by atoms with Crippen LogP contribution in [-0.2, 0) is 16.2 Å². The molecule has 3 aromatic carbocycles. The fourth-order valence-electron chi connectivity index (χ4n) is 4.14. The van der Waals surface area contributed by atoms with Crippen molar-refractivity contribution in [2.75, 3.05) is 19.6 Å². The average Bonchev–Trinajstić information content (AvgIpc) is 3.49. The number of hydrogen-bond donors (Lipinski definition) is 0. The van der Waals surface area contributed by atoms with Crippen molar-refractivity contribution in [2.45, 2.75) is 19.4 Å². The van der Waals surface area contributed by atoms with Gasteiger partial charge in [0, 0.05) is 13.1 Å². The summed E-state index contributed by atoms with van der Waals surface area (Å²) >= 11 is 0.870. The Labute approximate surface area is 202 Å². The number of hydrogen-bond acceptors (Lipinski definition) is 5. The van der Waals surface area contributed by atoms with Crippen LogP contribution in [0.3, 0.4) is 0 Å². The molecule has 2 aliphatic heterocycles. The van der Waals surface area contributed by atoms with Crippen molar-refractivity contribution in [1.29, 1.82) is 0 Å². The Kier molecular flexibility index (Phi) is 6.36. The van der Waals surface area contributed by atoms with Crippen LogP contribution in [0.5, 0.6) is 5.75 Å². The minimum Gasteiger partial charge on any atom is -0.489 e. The van der Waals surface area contributed by atoms with Gasteiger partial charge in [-0.05, 0) is 70.8 Å². The number of thioether (sulfide) groups is 1. The molecular formula is C27H24N2O4S. The number of fused-ring (bicyclic) bond motifs is 1. The molecule has 6 nitrogen and oxygen atoms in total. The Morgan fingerprint density at radius 1 is 0.941 bits per heavy atom. The molecule has 2 heterocycles. The second kappa shape index (κ2) is 9.73. The lowest BCUT2D eigenvalue weighted by Crippen LogP contribution is -2.40. The van der Waals surface area contributed by atoms with Gasteiger partial charge in [-0.1, -0.05) is 48.5 Å². The summed E-state index contributed by atoms with van der Waals surface area (Å²) in [5, 5.41) is 1.97. The molecule has 3 aromatic rings. The molecule has 5 rings (SSSR count). The molecule has 2 fully saturated rings. The van der Waals surface area contributed by atoms with Crippen molar-refractivity contribution < 1.29 is 19.1 Å². The van der Waals surface area contributed by atoms with Gasteiger partial charge in [0.25, 0.3) is 11.1 Å². The van der Waals surface area contributed by atoms with Crippen molar-refractivity contribution in [1.82, 2.24) is 9.80 Å². The molecule has 34 heavy (non-hydrogen) atoms. The molecule has 0 atom stereocenters. The number of imide groups is 1. The van der Waals surface area contributed by atoms with Crippen LogP contribution in [0.15, 0.2) is 71.6 Å². The lowest BCUT2D eigenvalue weighted by molar-refractivity contribution is -0.135. The number of nitrogens with zero attached hydrogens (tertiary/aromatic N) is 2. The van der Waals surface area contributed by atoms with E-state index >= 15 is 0 Å². The van der Waals surface area contributed by atoms with Gasteiger partial charge in [-0.2, -0.15) is 0 Å². The van der Waals surface area contributed by atoms with Crippen molar-refractivity contribution in [3.63, 3.8) is 0 Å². The first-order valence-electron chi connectivity index (χ1n) is 11.3. The number of carbonyl (C=O) groups excluding carboxylic acids is 3. The van der Waals surface area contributed by atoms with Crippen LogP contribution in [0.1, 0.15) is 24.0 Å². The highest BCUT2D eigenvalue weighted by molar-refractivity contribution is 8.18. The van der Waals surface area contributed by atoms with E-state index in [-0.39, 0.29) is 12.5 Å². The van der Waals surface area contributed by atoms with Gasteiger partial charge in [-0.15, -0.1) is 0 Å². The van der Waals surface area contributed by atoms with Crippen molar-refractivity contribution in [2.24, 2.45) is 0 Å². The lowest BCUT2D eigenvalue weighted by Gasteiger charge is -2.18. The summed E-state index contributed by atoms with van der Waals surface area (Å²) in [7, 11) is 0. The highest BCUT2D eigenvalue weighted by Gasteiger charge is 2.37. The van der Waals surface area contributed by atoms with E-state index in [2.05, 4.69) is 30.3 Å². The Hall–Kier alpha value is -3.58. The molecule has 0 spiro atoms. The summed E-state index contributed by atoms with van der Waals surface area (Å²) in [6.45, 7) is 1.65. The quantitative estimate of drug-likeness (QED) is 0.468. The lowest BCUT2D eigenvalue weighted by atomic mass is 10.1. The number of likely N-dealkylation sites (tertiary alicyclic amines) is 1. The third-order valence-corrected chi connectivity index (χ3v) is 6.93. The van der Waals surface area contributed by atoms with Crippen LogP contribution in [0.4, 0.5) is 4.79 Å². The molecule has 0 N–H and O–H groups in total. The van der Waals surface area contributed by atoms with Crippen LogP contribution in [0, 0.1) is 0 Å². The van der Waals surface area contributed by atoms with E-state index in [4.69, 9.17) is 4.74 Å². The molecule has 0 bridgehead atoms. The van der Waals surface area contributed by atoms with Gasteiger partial charge in [0.1, 0.15) is 18.9 Å². The molecule has 0 radical (unpaired) electrons. The highest BCUT2D eigenvalue weighted by atomic mass is 32.2. The third kappa shape index (κ3) is 4.84. The highest BCUT2D eigenvalue weighted by Crippen LogP contribution is 2.32. The van der Waals surface area contributed by atoms with E-state index < -0.39 is 11.1 Å². The van der Waals surface area contributed by atoms with E-state index in [0.717, 1.165) is 46.4 Å². The van der Waals surface area contributed by atoms with E-state index in [1.807, 2.05) is 36.4 Å². The first-order chi connectivity index (χ1) is 16.6. The van der Waals surface area contributed by atoms with Crippen molar-refractivity contribution in [3.8, 4) is 5.75 Å². The normalized spacial score (nSPS) is 17.2. The Morgan fingerprint density at radius 3 is 2.44 bits per heavy atom. The van der Waals surface area contributed by atoms with Crippen LogP contribution in [0.2, 0.25) is 0 Å². The molecule has 0 aliphatic carbocycles. The van der Waals surface area contributed by atoms with E-state index in [9.17, 15) is 14.4 Å². The molecule has 0 aromatic heterocycles. The van der Waals surface area contributed by atoms with E-state index in [0.29, 0.717) is 24.6 Å².